The number of hydrogen-bond acceptors (Lipinski definition) is 2. The molecule has 0 aromatic heterocycles. The van der Waals surface area contributed by atoms with Gasteiger partial charge in [0.1, 0.15) is 4.99 Å². The molecule has 94 valence electrons. The van der Waals surface area contributed by atoms with Crippen LogP contribution in [0.1, 0.15) is 25.8 Å². The third-order valence-corrected chi connectivity index (χ3v) is 2.76. The lowest BCUT2D eigenvalue weighted by Crippen LogP contribution is -2.25. The summed E-state index contributed by atoms with van der Waals surface area (Å²) in [6, 6.07) is 2.94. The van der Waals surface area contributed by atoms with Crippen molar-refractivity contribution in [3.8, 4) is 0 Å². The summed E-state index contributed by atoms with van der Waals surface area (Å²) in [4.78, 5) is 1.65. The van der Waals surface area contributed by atoms with E-state index in [0.29, 0.717) is 13.1 Å². The Balaban J connectivity index is 3.19. The number of nitrogens with zero attached hydrogens (tertiary/aromatic N) is 1. The van der Waals surface area contributed by atoms with E-state index in [0.717, 1.165) is 6.42 Å². The first-order valence-corrected chi connectivity index (χ1v) is 5.96. The van der Waals surface area contributed by atoms with E-state index in [9.17, 15) is 8.78 Å². The van der Waals surface area contributed by atoms with Gasteiger partial charge < -0.3 is 10.6 Å². The van der Waals surface area contributed by atoms with Gasteiger partial charge in [-0.2, -0.15) is 0 Å². The molecule has 0 spiro atoms. The van der Waals surface area contributed by atoms with Gasteiger partial charge in [-0.15, -0.1) is 0 Å². The van der Waals surface area contributed by atoms with Crippen molar-refractivity contribution in [1.29, 1.82) is 0 Å². The molecule has 0 fully saturated rings. The summed E-state index contributed by atoms with van der Waals surface area (Å²) in [5.41, 5.74) is 5.52. The molecule has 0 saturated carbocycles. The van der Waals surface area contributed by atoms with Crippen molar-refractivity contribution in [3.63, 3.8) is 0 Å². The number of thiocarbonyl (C=S) groups is 1. The summed E-state index contributed by atoms with van der Waals surface area (Å²) in [7, 11) is 0. The highest BCUT2D eigenvalue weighted by Crippen LogP contribution is 2.24. The predicted molar refractivity (Wildman–Crippen MR) is 70.4 cm³/mol. The Bertz CT molecular complexity index is 421. The van der Waals surface area contributed by atoms with E-state index in [1.165, 1.54) is 12.1 Å². The van der Waals surface area contributed by atoms with Crippen LogP contribution >= 0.6 is 12.2 Å². The first-order chi connectivity index (χ1) is 8.02. The maximum atomic E-state index is 13.9. The topological polar surface area (TPSA) is 29.3 Å². The lowest BCUT2D eigenvalue weighted by atomic mass is 10.1. The van der Waals surface area contributed by atoms with Crippen LogP contribution in [0.3, 0.4) is 0 Å². The second kappa shape index (κ2) is 5.91. The number of hydrogen-bond donors (Lipinski definition) is 1. The largest absolute Gasteiger partial charge is 0.389 e. The third-order valence-electron chi connectivity index (χ3n) is 2.54. The van der Waals surface area contributed by atoms with Crippen LogP contribution in [0.15, 0.2) is 12.1 Å². The van der Waals surface area contributed by atoms with E-state index in [1.807, 2.05) is 13.8 Å². The highest BCUT2D eigenvalue weighted by molar-refractivity contribution is 7.80. The van der Waals surface area contributed by atoms with E-state index >= 15 is 0 Å². The first kappa shape index (κ1) is 13.8. The van der Waals surface area contributed by atoms with Crippen LogP contribution in [0, 0.1) is 11.6 Å². The lowest BCUT2D eigenvalue weighted by molar-refractivity contribution is 0.504. The van der Waals surface area contributed by atoms with Crippen LogP contribution in [0.4, 0.5) is 14.5 Å². The molecule has 1 rings (SSSR count). The number of nitrogens with two attached hydrogens (primary N) is 1. The second-order valence-electron chi connectivity index (χ2n) is 3.70. The molecule has 0 unspecified atom stereocenters. The predicted octanol–water partition coefficient (Wildman–Crippen LogP) is 2.84. The number of halogens is 2. The molecule has 2 N–H and O–H groups in total. The molecule has 1 aromatic carbocycles. The van der Waals surface area contributed by atoms with Gasteiger partial charge in [0.15, 0.2) is 11.6 Å². The van der Waals surface area contributed by atoms with Crippen LogP contribution in [0.25, 0.3) is 0 Å². The molecule has 2 nitrogen and oxygen atoms in total. The first-order valence-electron chi connectivity index (χ1n) is 5.55. The lowest BCUT2D eigenvalue weighted by Gasteiger charge is -2.23. The minimum Gasteiger partial charge on any atom is -0.389 e. The van der Waals surface area contributed by atoms with Gasteiger partial charge in [0.25, 0.3) is 0 Å². The van der Waals surface area contributed by atoms with Crippen molar-refractivity contribution in [2.24, 2.45) is 5.73 Å². The Morgan fingerprint density at radius 2 is 1.94 bits per heavy atom. The van der Waals surface area contributed by atoms with Crippen molar-refractivity contribution < 1.29 is 8.78 Å². The van der Waals surface area contributed by atoms with Gasteiger partial charge >= 0.3 is 0 Å². The molecule has 0 radical (unpaired) electrons. The summed E-state index contributed by atoms with van der Waals surface area (Å²) in [5, 5.41) is 0. The summed E-state index contributed by atoms with van der Waals surface area (Å²) in [6.45, 7) is 5.19. The van der Waals surface area contributed by atoms with Crippen LogP contribution < -0.4 is 10.6 Å². The summed E-state index contributed by atoms with van der Waals surface area (Å²) in [6.07, 6.45) is 0.867. The third kappa shape index (κ3) is 2.91. The molecule has 0 aliphatic rings. The van der Waals surface area contributed by atoms with Gasteiger partial charge in [-0.1, -0.05) is 19.1 Å². The Labute approximate surface area is 105 Å². The van der Waals surface area contributed by atoms with Crippen LogP contribution in [-0.2, 0) is 0 Å². The highest BCUT2D eigenvalue weighted by atomic mass is 32.1. The molecule has 17 heavy (non-hydrogen) atoms. The Morgan fingerprint density at radius 1 is 1.29 bits per heavy atom. The maximum Gasteiger partial charge on any atom is 0.182 e. The molecule has 5 heteroatoms. The van der Waals surface area contributed by atoms with E-state index in [2.05, 4.69) is 12.2 Å². The Hall–Kier alpha value is -1.23. The molecule has 0 aliphatic carbocycles. The molecular formula is C12H16F2N2S. The van der Waals surface area contributed by atoms with E-state index in [-0.39, 0.29) is 16.2 Å². The van der Waals surface area contributed by atoms with E-state index in [1.54, 1.807) is 4.90 Å². The standard InChI is InChI=1S/C12H16F2N2S/c1-3-7-16(4-2)9-6-5-8(12(15)17)10(13)11(9)14/h5-6H,3-4,7H2,1-2H3,(H2,15,17). The quantitative estimate of drug-likeness (QED) is 0.823. The van der Waals surface area contributed by atoms with Gasteiger partial charge in [-0.25, -0.2) is 8.78 Å². The fourth-order valence-corrected chi connectivity index (χ4v) is 1.85. The zero-order chi connectivity index (χ0) is 13.0. The fourth-order valence-electron chi connectivity index (χ4n) is 1.69. The van der Waals surface area contributed by atoms with Crippen molar-refractivity contribution in [1.82, 2.24) is 0 Å². The molecule has 0 heterocycles. The van der Waals surface area contributed by atoms with Crippen LogP contribution in [0.5, 0.6) is 0 Å². The summed E-state index contributed by atoms with van der Waals surface area (Å²) < 4.78 is 27.5. The summed E-state index contributed by atoms with van der Waals surface area (Å²) >= 11 is 4.66. The molecule has 0 bridgehead atoms. The maximum absolute atomic E-state index is 13.9. The number of rotatable bonds is 5. The zero-order valence-corrected chi connectivity index (χ0v) is 10.8. The Morgan fingerprint density at radius 3 is 2.41 bits per heavy atom. The van der Waals surface area contributed by atoms with E-state index in [4.69, 9.17) is 5.73 Å². The monoisotopic (exact) mass is 258 g/mol. The molecular weight excluding hydrogens is 242 g/mol. The minimum absolute atomic E-state index is 0.0474. The van der Waals surface area contributed by atoms with Crippen molar-refractivity contribution in [3.05, 3.63) is 29.3 Å². The van der Waals surface area contributed by atoms with Crippen LogP contribution in [-0.4, -0.2) is 18.1 Å². The fraction of sp³-hybridized carbons (Fsp3) is 0.417. The molecule has 0 amide bonds. The van der Waals surface area contributed by atoms with Crippen LogP contribution in [0.2, 0.25) is 0 Å². The zero-order valence-electron chi connectivity index (χ0n) is 9.96. The highest BCUT2D eigenvalue weighted by Gasteiger charge is 2.17. The van der Waals surface area contributed by atoms with Crippen molar-refractivity contribution >= 4 is 22.9 Å². The van der Waals surface area contributed by atoms with Gasteiger partial charge in [0.05, 0.1) is 5.69 Å². The molecule has 0 atom stereocenters. The van der Waals surface area contributed by atoms with Gasteiger partial charge in [-0.05, 0) is 25.5 Å². The van der Waals surface area contributed by atoms with Gasteiger partial charge in [0, 0.05) is 18.7 Å². The Kier molecular flexibility index (Phi) is 4.81. The van der Waals surface area contributed by atoms with Crippen molar-refractivity contribution in [2.75, 3.05) is 18.0 Å². The normalized spacial score (nSPS) is 10.4. The van der Waals surface area contributed by atoms with E-state index < -0.39 is 11.6 Å². The average molecular weight is 258 g/mol. The van der Waals surface area contributed by atoms with Crippen molar-refractivity contribution in [2.45, 2.75) is 20.3 Å². The average Bonchev–Trinajstić information content (AvgIpc) is 2.29. The molecule has 0 saturated heterocycles. The van der Waals surface area contributed by atoms with Gasteiger partial charge in [0.2, 0.25) is 0 Å². The van der Waals surface area contributed by atoms with Gasteiger partial charge in [-0.3, -0.25) is 0 Å². The molecule has 1 aromatic rings. The SMILES string of the molecule is CCCN(CC)c1ccc(C(N)=S)c(F)c1F. The molecule has 0 aliphatic heterocycles. The number of benzene rings is 1. The smallest absolute Gasteiger partial charge is 0.182 e. The summed E-state index contributed by atoms with van der Waals surface area (Å²) in [5.74, 6) is -1.85. The number of anilines is 1. The minimum atomic E-state index is -0.968. The second-order valence-corrected chi connectivity index (χ2v) is 4.14.